The number of terminal acetylenes is 1. The molecule has 1 rings (SSSR count). The number of allylic oxidation sites excluding steroid dienone is 2. The minimum Gasteiger partial charge on any atom is -0.356 e. The van der Waals surface area contributed by atoms with E-state index >= 15 is 0 Å². The summed E-state index contributed by atoms with van der Waals surface area (Å²) >= 11 is 0. The minimum atomic E-state index is 0.617. The van der Waals surface area contributed by atoms with Crippen LogP contribution in [0.3, 0.4) is 0 Å². The lowest BCUT2D eigenvalue weighted by Crippen LogP contribution is -2.04. The van der Waals surface area contributed by atoms with Crippen molar-refractivity contribution in [2.24, 2.45) is 5.92 Å². The number of hydrogen-bond acceptors (Lipinski definition) is 1. The van der Waals surface area contributed by atoms with Crippen LogP contribution in [0.2, 0.25) is 0 Å². The molecule has 0 radical (unpaired) electrons. The first-order valence-corrected chi connectivity index (χ1v) is 6.25. The third-order valence-electron chi connectivity index (χ3n) is 2.69. The van der Waals surface area contributed by atoms with E-state index in [9.17, 15) is 0 Å². The molecule has 0 atom stereocenters. The summed E-state index contributed by atoms with van der Waals surface area (Å²) in [5, 5.41) is 3.31. The van der Waals surface area contributed by atoms with Gasteiger partial charge in [0.25, 0.3) is 0 Å². The van der Waals surface area contributed by atoms with Crippen molar-refractivity contribution >= 4 is 5.69 Å². The van der Waals surface area contributed by atoms with E-state index in [1.54, 1.807) is 0 Å². The van der Waals surface area contributed by atoms with Crippen molar-refractivity contribution in [1.82, 2.24) is 0 Å². The molecule has 1 heteroatoms. The average Bonchev–Trinajstić information content (AvgIpc) is 2.35. The molecule has 0 saturated carbocycles. The molecule has 1 N–H and O–H groups in total. The highest BCUT2D eigenvalue weighted by atomic mass is 14.9. The summed E-state index contributed by atoms with van der Waals surface area (Å²) in [4.78, 5) is 0. The molecule has 1 aromatic rings. The van der Waals surface area contributed by atoms with E-state index in [1.165, 1.54) is 5.57 Å². The van der Waals surface area contributed by atoms with Crippen molar-refractivity contribution in [3.8, 4) is 12.3 Å². The second kappa shape index (κ2) is 6.71. The zero-order valence-electron chi connectivity index (χ0n) is 11.5. The van der Waals surface area contributed by atoms with Crippen LogP contribution in [0.25, 0.3) is 0 Å². The van der Waals surface area contributed by atoms with Crippen molar-refractivity contribution in [1.29, 1.82) is 0 Å². The van der Waals surface area contributed by atoms with Gasteiger partial charge >= 0.3 is 0 Å². The van der Waals surface area contributed by atoms with Crippen LogP contribution in [0.15, 0.2) is 48.2 Å². The molecule has 0 fully saturated rings. The van der Waals surface area contributed by atoms with Gasteiger partial charge in [-0.3, -0.25) is 0 Å². The Kier molecular flexibility index (Phi) is 5.27. The molecule has 0 heterocycles. The van der Waals surface area contributed by atoms with Crippen LogP contribution in [-0.4, -0.2) is 0 Å². The molecule has 0 aromatic heterocycles. The van der Waals surface area contributed by atoms with Gasteiger partial charge in [-0.25, -0.2) is 0 Å². The Morgan fingerprint density at radius 3 is 2.78 bits per heavy atom. The minimum absolute atomic E-state index is 0.617. The Labute approximate surface area is 111 Å². The van der Waals surface area contributed by atoms with Crippen molar-refractivity contribution in [2.75, 3.05) is 5.32 Å². The summed E-state index contributed by atoms with van der Waals surface area (Å²) in [6.07, 6.45) is 8.53. The number of hydrogen-bond donors (Lipinski definition) is 1. The van der Waals surface area contributed by atoms with Gasteiger partial charge in [0, 0.05) is 16.9 Å². The van der Waals surface area contributed by atoms with Gasteiger partial charge in [-0.1, -0.05) is 38.5 Å². The van der Waals surface area contributed by atoms with Crippen LogP contribution < -0.4 is 5.32 Å². The summed E-state index contributed by atoms with van der Waals surface area (Å²) in [6.45, 7) is 10.6. The molecular weight excluding hydrogens is 218 g/mol. The third kappa shape index (κ3) is 4.14. The number of anilines is 1. The topological polar surface area (TPSA) is 12.0 Å². The first kappa shape index (κ1) is 14.1. The lowest BCUT2D eigenvalue weighted by molar-refractivity contribution is 0.646. The van der Waals surface area contributed by atoms with Crippen LogP contribution >= 0.6 is 0 Å². The van der Waals surface area contributed by atoms with Crippen molar-refractivity contribution in [3.05, 3.63) is 53.8 Å². The molecule has 0 bridgehead atoms. The molecule has 0 aliphatic rings. The van der Waals surface area contributed by atoms with Gasteiger partial charge in [0.2, 0.25) is 0 Å². The van der Waals surface area contributed by atoms with Crippen LogP contribution in [-0.2, 0) is 0 Å². The summed E-state index contributed by atoms with van der Waals surface area (Å²) in [5.41, 5.74) is 4.05. The maximum absolute atomic E-state index is 5.39. The average molecular weight is 239 g/mol. The van der Waals surface area contributed by atoms with Crippen LogP contribution in [0, 0.1) is 18.3 Å². The molecule has 94 valence electrons. The highest BCUT2D eigenvalue weighted by molar-refractivity contribution is 5.56. The first-order chi connectivity index (χ1) is 8.56. The second-order valence-electron chi connectivity index (χ2n) is 4.74. The quantitative estimate of drug-likeness (QED) is 0.585. The Morgan fingerprint density at radius 2 is 2.22 bits per heavy atom. The number of benzene rings is 1. The van der Waals surface area contributed by atoms with Crippen molar-refractivity contribution < 1.29 is 0 Å². The molecule has 1 aromatic carbocycles. The third-order valence-corrected chi connectivity index (χ3v) is 2.69. The Balaban J connectivity index is 2.77. The molecule has 0 aliphatic heterocycles. The summed E-state index contributed by atoms with van der Waals surface area (Å²) < 4.78 is 0. The van der Waals surface area contributed by atoms with Gasteiger partial charge in [0.15, 0.2) is 0 Å². The lowest BCUT2D eigenvalue weighted by Gasteiger charge is -2.15. The highest BCUT2D eigenvalue weighted by Gasteiger charge is 2.05. The summed E-state index contributed by atoms with van der Waals surface area (Å²) in [7, 11) is 0. The zero-order valence-corrected chi connectivity index (χ0v) is 11.5. The largest absolute Gasteiger partial charge is 0.356 e. The molecule has 0 saturated heterocycles. The van der Waals surface area contributed by atoms with Crippen LogP contribution in [0.4, 0.5) is 5.69 Å². The molecular formula is C17H21N. The number of nitrogens with one attached hydrogen (secondary N) is 1. The molecule has 1 nitrogen and oxygen atoms in total. The maximum atomic E-state index is 5.39. The van der Waals surface area contributed by atoms with E-state index in [-0.39, 0.29) is 0 Å². The summed E-state index contributed by atoms with van der Waals surface area (Å²) in [5.74, 6) is 3.25. The fraction of sp³-hybridized carbons (Fsp3) is 0.294. The van der Waals surface area contributed by atoms with Gasteiger partial charge in [-0.2, -0.15) is 0 Å². The first-order valence-electron chi connectivity index (χ1n) is 6.25. The molecule has 18 heavy (non-hydrogen) atoms. The zero-order chi connectivity index (χ0) is 13.5. The molecule has 0 unspecified atom stereocenters. The van der Waals surface area contributed by atoms with Crippen LogP contribution in [0.5, 0.6) is 0 Å². The van der Waals surface area contributed by atoms with Gasteiger partial charge < -0.3 is 5.32 Å². The standard InChI is InChI=1S/C17H21N/c1-6-15-9-8-10-17(12-15)18-14(5)16(7-2)11-13(3)4/h1,7-10,12-13,18H,5,11H2,2-4H3/b16-7+. The predicted octanol–water partition coefficient (Wildman–Crippen LogP) is 4.59. The maximum Gasteiger partial charge on any atom is 0.0396 e. The normalized spacial score (nSPS) is 11.2. The highest BCUT2D eigenvalue weighted by Crippen LogP contribution is 2.20. The van der Waals surface area contributed by atoms with E-state index in [1.807, 2.05) is 31.2 Å². The van der Waals surface area contributed by atoms with Crippen molar-refractivity contribution in [3.63, 3.8) is 0 Å². The fourth-order valence-electron chi connectivity index (χ4n) is 1.80. The second-order valence-corrected chi connectivity index (χ2v) is 4.74. The Hall–Kier alpha value is -1.94. The Morgan fingerprint density at radius 1 is 1.50 bits per heavy atom. The SMILES string of the molecule is C#Cc1cccc(NC(=C)/C(=C/C)CC(C)C)c1. The summed E-state index contributed by atoms with van der Waals surface area (Å²) in [6, 6.07) is 7.81. The monoisotopic (exact) mass is 239 g/mol. The van der Waals surface area contributed by atoms with E-state index in [2.05, 4.69) is 37.7 Å². The van der Waals surface area contributed by atoms with Gasteiger partial charge in [-0.05, 0) is 43.0 Å². The van der Waals surface area contributed by atoms with Gasteiger partial charge in [-0.15, -0.1) is 6.42 Å². The molecule has 0 aliphatic carbocycles. The van der Waals surface area contributed by atoms with E-state index in [0.717, 1.165) is 23.4 Å². The van der Waals surface area contributed by atoms with E-state index < -0.39 is 0 Å². The van der Waals surface area contributed by atoms with Gasteiger partial charge in [0.1, 0.15) is 0 Å². The number of rotatable bonds is 5. The predicted molar refractivity (Wildman–Crippen MR) is 80.4 cm³/mol. The van der Waals surface area contributed by atoms with E-state index in [4.69, 9.17) is 6.42 Å². The molecule has 0 spiro atoms. The Bertz CT molecular complexity index is 487. The van der Waals surface area contributed by atoms with Crippen LogP contribution in [0.1, 0.15) is 32.8 Å². The van der Waals surface area contributed by atoms with Crippen molar-refractivity contribution in [2.45, 2.75) is 27.2 Å². The molecule has 0 amide bonds. The van der Waals surface area contributed by atoms with E-state index in [0.29, 0.717) is 5.92 Å². The smallest absolute Gasteiger partial charge is 0.0396 e. The lowest BCUT2D eigenvalue weighted by atomic mass is 10.0. The fourth-order valence-corrected chi connectivity index (χ4v) is 1.80. The van der Waals surface area contributed by atoms with Gasteiger partial charge in [0.05, 0.1) is 0 Å².